The lowest BCUT2D eigenvalue weighted by Gasteiger charge is -2.27. The molecule has 2 heterocycles. The summed E-state index contributed by atoms with van der Waals surface area (Å²) in [7, 11) is 0. The Kier molecular flexibility index (Phi) is 4.48. The number of benzene rings is 2. The van der Waals surface area contributed by atoms with Crippen molar-refractivity contribution in [2.75, 3.05) is 0 Å². The third kappa shape index (κ3) is 3.22. The van der Waals surface area contributed by atoms with E-state index in [1.165, 1.54) is 12.3 Å². The van der Waals surface area contributed by atoms with E-state index < -0.39 is 11.8 Å². The lowest BCUT2D eigenvalue weighted by molar-refractivity contribution is -0.122. The van der Waals surface area contributed by atoms with Gasteiger partial charge in [-0.15, -0.1) is 0 Å². The van der Waals surface area contributed by atoms with Gasteiger partial charge in [-0.1, -0.05) is 48.0 Å². The number of pyridine rings is 1. The van der Waals surface area contributed by atoms with Crippen LogP contribution in [0, 0.1) is 0 Å². The van der Waals surface area contributed by atoms with Crippen LogP contribution in [0.3, 0.4) is 0 Å². The third-order valence-corrected chi connectivity index (χ3v) is 4.55. The zero-order valence-electron chi connectivity index (χ0n) is 14.0. The van der Waals surface area contributed by atoms with Crippen LogP contribution in [0.5, 0.6) is 11.5 Å². The van der Waals surface area contributed by atoms with Gasteiger partial charge in [0.25, 0.3) is 11.8 Å². The summed E-state index contributed by atoms with van der Waals surface area (Å²) in [5, 5.41) is 0.0611. The number of hydrogen-bond acceptors (Lipinski definition) is 4. The van der Waals surface area contributed by atoms with Crippen molar-refractivity contribution in [3.8, 4) is 11.5 Å². The molecule has 1 aliphatic rings. The topological polar surface area (TPSA) is 80.3 Å². The number of nitrogens with zero attached hydrogens (tertiary/aromatic N) is 1. The van der Waals surface area contributed by atoms with Crippen molar-refractivity contribution in [2.45, 2.75) is 5.92 Å². The second-order valence-corrected chi connectivity index (χ2v) is 6.25. The molecular formula is C20H14ClN3O3. The fourth-order valence-electron chi connectivity index (χ4n) is 3.01. The van der Waals surface area contributed by atoms with E-state index >= 15 is 0 Å². The van der Waals surface area contributed by atoms with Crippen LogP contribution in [0.4, 0.5) is 0 Å². The molecular weight excluding hydrogens is 366 g/mol. The molecule has 4 rings (SSSR count). The van der Waals surface area contributed by atoms with Gasteiger partial charge in [-0.25, -0.2) is 4.98 Å². The quantitative estimate of drug-likeness (QED) is 0.528. The Balaban J connectivity index is 1.59. The lowest BCUT2D eigenvalue weighted by Crippen LogP contribution is -2.44. The molecule has 1 aromatic heterocycles. The number of amides is 2. The molecule has 2 amide bonds. The maximum Gasteiger partial charge on any atom is 0.272 e. The summed E-state index contributed by atoms with van der Waals surface area (Å²) < 4.78 is 5.88. The SMILES string of the molecule is O=C(NNC(=O)C1c2ccccc2Oc2ccccc21)c1cccnc1Cl. The second-order valence-electron chi connectivity index (χ2n) is 5.90. The second kappa shape index (κ2) is 7.09. The summed E-state index contributed by atoms with van der Waals surface area (Å²) in [6.45, 7) is 0. The number of nitrogens with one attached hydrogen (secondary N) is 2. The van der Waals surface area contributed by atoms with E-state index in [2.05, 4.69) is 15.8 Å². The molecule has 3 aromatic rings. The number of halogens is 1. The standard InChI is InChI=1S/C20H14ClN3O3/c21-18-14(8-5-11-22-18)19(25)23-24-20(26)17-12-6-1-3-9-15(12)27-16-10-4-2-7-13(16)17/h1-11,17H,(H,23,25)(H,24,26). The van der Waals surface area contributed by atoms with Crippen LogP contribution >= 0.6 is 11.6 Å². The zero-order valence-corrected chi connectivity index (χ0v) is 14.7. The molecule has 2 aromatic carbocycles. The Bertz CT molecular complexity index is 993. The van der Waals surface area contributed by atoms with Crippen LogP contribution < -0.4 is 15.6 Å². The van der Waals surface area contributed by atoms with Crippen molar-refractivity contribution >= 4 is 23.4 Å². The number of carbonyl (C=O) groups excluding carboxylic acids is 2. The van der Waals surface area contributed by atoms with Gasteiger partial charge in [0.15, 0.2) is 0 Å². The first-order valence-corrected chi connectivity index (χ1v) is 8.59. The smallest absolute Gasteiger partial charge is 0.272 e. The van der Waals surface area contributed by atoms with Crippen molar-refractivity contribution in [2.24, 2.45) is 0 Å². The Morgan fingerprint density at radius 3 is 2.15 bits per heavy atom. The molecule has 6 nitrogen and oxygen atoms in total. The zero-order chi connectivity index (χ0) is 18.8. The van der Waals surface area contributed by atoms with Crippen LogP contribution in [0.15, 0.2) is 66.9 Å². The minimum absolute atomic E-state index is 0.0611. The van der Waals surface area contributed by atoms with Crippen molar-refractivity contribution in [1.29, 1.82) is 0 Å². The predicted molar refractivity (Wildman–Crippen MR) is 99.7 cm³/mol. The van der Waals surface area contributed by atoms with E-state index in [-0.39, 0.29) is 16.6 Å². The van der Waals surface area contributed by atoms with Gasteiger partial charge in [0.2, 0.25) is 0 Å². The van der Waals surface area contributed by atoms with Crippen molar-refractivity contribution < 1.29 is 14.3 Å². The number of aromatic nitrogens is 1. The number of para-hydroxylation sites is 2. The molecule has 1 aliphatic heterocycles. The fraction of sp³-hybridized carbons (Fsp3) is 0.0500. The highest BCUT2D eigenvalue weighted by Gasteiger charge is 2.32. The highest BCUT2D eigenvalue weighted by atomic mass is 35.5. The number of ether oxygens (including phenoxy) is 1. The van der Waals surface area contributed by atoms with Crippen LogP contribution in [-0.4, -0.2) is 16.8 Å². The van der Waals surface area contributed by atoms with E-state index in [1.807, 2.05) is 36.4 Å². The van der Waals surface area contributed by atoms with Gasteiger partial charge in [0.1, 0.15) is 16.7 Å². The van der Waals surface area contributed by atoms with Gasteiger partial charge >= 0.3 is 0 Å². The minimum atomic E-state index is -0.615. The van der Waals surface area contributed by atoms with E-state index in [0.717, 1.165) is 11.1 Å². The average molecular weight is 380 g/mol. The largest absolute Gasteiger partial charge is 0.457 e. The highest BCUT2D eigenvalue weighted by Crippen LogP contribution is 2.43. The normalized spacial score (nSPS) is 12.3. The van der Waals surface area contributed by atoms with Gasteiger partial charge in [-0.3, -0.25) is 20.4 Å². The Hall–Kier alpha value is -3.38. The number of hydrazine groups is 1. The van der Waals surface area contributed by atoms with E-state index in [1.54, 1.807) is 18.2 Å². The minimum Gasteiger partial charge on any atom is -0.457 e. The van der Waals surface area contributed by atoms with E-state index in [0.29, 0.717) is 11.5 Å². The molecule has 27 heavy (non-hydrogen) atoms. The van der Waals surface area contributed by atoms with Gasteiger partial charge in [-0.05, 0) is 24.3 Å². The molecule has 0 radical (unpaired) electrons. The molecule has 0 bridgehead atoms. The van der Waals surface area contributed by atoms with Gasteiger partial charge < -0.3 is 4.74 Å². The number of fused-ring (bicyclic) bond motifs is 2. The first-order valence-electron chi connectivity index (χ1n) is 8.21. The molecule has 0 unspecified atom stereocenters. The first kappa shape index (κ1) is 17.1. The van der Waals surface area contributed by atoms with E-state index in [4.69, 9.17) is 16.3 Å². The van der Waals surface area contributed by atoms with Gasteiger partial charge in [-0.2, -0.15) is 0 Å². The van der Waals surface area contributed by atoms with Gasteiger partial charge in [0.05, 0.1) is 11.5 Å². The molecule has 0 atom stereocenters. The average Bonchev–Trinajstić information content (AvgIpc) is 2.70. The molecule has 134 valence electrons. The molecule has 0 spiro atoms. The maximum atomic E-state index is 12.9. The summed E-state index contributed by atoms with van der Waals surface area (Å²) in [6.07, 6.45) is 1.48. The fourth-order valence-corrected chi connectivity index (χ4v) is 3.21. The Labute approximate surface area is 160 Å². The molecule has 0 fully saturated rings. The monoisotopic (exact) mass is 379 g/mol. The molecule has 0 aliphatic carbocycles. The van der Waals surface area contributed by atoms with Gasteiger partial charge in [0, 0.05) is 17.3 Å². The first-order chi connectivity index (χ1) is 13.1. The van der Waals surface area contributed by atoms with Crippen LogP contribution in [0.25, 0.3) is 0 Å². The lowest BCUT2D eigenvalue weighted by atomic mass is 9.87. The van der Waals surface area contributed by atoms with Crippen molar-refractivity contribution in [3.63, 3.8) is 0 Å². The summed E-state index contributed by atoms with van der Waals surface area (Å²) in [5.41, 5.74) is 6.50. The van der Waals surface area contributed by atoms with E-state index in [9.17, 15) is 9.59 Å². The number of hydrogen-bond donors (Lipinski definition) is 2. The van der Waals surface area contributed by atoms with Crippen LogP contribution in [-0.2, 0) is 4.79 Å². The summed E-state index contributed by atoms with van der Waals surface area (Å²) >= 11 is 5.92. The Morgan fingerprint density at radius 2 is 1.52 bits per heavy atom. The number of carbonyl (C=O) groups is 2. The van der Waals surface area contributed by atoms with Crippen molar-refractivity contribution in [3.05, 3.63) is 88.7 Å². The predicted octanol–water partition coefficient (Wildman–Crippen LogP) is 3.43. The highest BCUT2D eigenvalue weighted by molar-refractivity contribution is 6.32. The molecule has 0 saturated heterocycles. The summed E-state index contributed by atoms with van der Waals surface area (Å²) in [4.78, 5) is 29.0. The van der Waals surface area contributed by atoms with Crippen LogP contribution in [0.2, 0.25) is 5.15 Å². The Morgan fingerprint density at radius 1 is 0.889 bits per heavy atom. The van der Waals surface area contributed by atoms with Crippen molar-refractivity contribution in [1.82, 2.24) is 15.8 Å². The summed E-state index contributed by atoms with van der Waals surface area (Å²) in [6, 6.07) is 17.7. The summed E-state index contributed by atoms with van der Waals surface area (Å²) in [5.74, 6) is -0.326. The number of rotatable bonds is 2. The maximum absolute atomic E-state index is 12.9. The molecule has 0 saturated carbocycles. The van der Waals surface area contributed by atoms with Crippen LogP contribution in [0.1, 0.15) is 27.4 Å². The third-order valence-electron chi connectivity index (χ3n) is 4.25. The molecule has 2 N–H and O–H groups in total. The molecule has 7 heteroatoms.